The van der Waals surface area contributed by atoms with Gasteiger partial charge in [0.25, 0.3) is 0 Å². The number of aliphatic hydroxyl groups excluding tert-OH is 1. The molecule has 0 saturated heterocycles. The summed E-state index contributed by atoms with van der Waals surface area (Å²) in [7, 11) is -3.69. The Morgan fingerprint density at radius 2 is 2.05 bits per heavy atom. The van der Waals surface area contributed by atoms with E-state index in [-0.39, 0.29) is 11.5 Å². The van der Waals surface area contributed by atoms with E-state index in [1.54, 1.807) is 13.0 Å². The Labute approximate surface area is 119 Å². The lowest BCUT2D eigenvalue weighted by atomic mass is 10.0. The molecular formula is C14H18N2O3S. The Hall–Kier alpha value is -1.42. The number of nitrogens with one attached hydrogen (secondary N) is 1. The average Bonchev–Trinajstić information content (AvgIpc) is 2.86. The van der Waals surface area contributed by atoms with Gasteiger partial charge in [-0.15, -0.1) is 0 Å². The van der Waals surface area contributed by atoms with Crippen molar-refractivity contribution in [1.82, 2.24) is 4.72 Å². The van der Waals surface area contributed by atoms with Crippen LogP contribution in [0.5, 0.6) is 0 Å². The van der Waals surface area contributed by atoms with E-state index in [9.17, 15) is 13.5 Å². The van der Waals surface area contributed by atoms with E-state index in [0.717, 1.165) is 12.8 Å². The Balaban J connectivity index is 2.34. The normalized spacial score (nSPS) is 17.9. The highest BCUT2D eigenvalue weighted by atomic mass is 32.2. The highest BCUT2D eigenvalue weighted by Gasteiger charge is 2.37. The predicted octanol–water partition coefficient (Wildman–Crippen LogP) is 1.45. The molecule has 1 saturated carbocycles. The average molecular weight is 294 g/mol. The van der Waals surface area contributed by atoms with Crippen molar-refractivity contribution in [2.75, 3.05) is 6.61 Å². The van der Waals surface area contributed by atoms with Crippen LogP contribution in [0.4, 0.5) is 0 Å². The fourth-order valence-corrected chi connectivity index (χ4v) is 4.38. The molecule has 6 heteroatoms. The summed E-state index contributed by atoms with van der Waals surface area (Å²) in [6.07, 6.45) is 3.13. The first-order valence-corrected chi connectivity index (χ1v) is 8.06. The maximum absolute atomic E-state index is 12.5. The summed E-state index contributed by atoms with van der Waals surface area (Å²) in [5.41, 5.74) is 0.223. The van der Waals surface area contributed by atoms with E-state index < -0.39 is 15.6 Å². The van der Waals surface area contributed by atoms with Gasteiger partial charge in [-0.3, -0.25) is 0 Å². The van der Waals surface area contributed by atoms with Crippen LogP contribution >= 0.6 is 0 Å². The Bertz CT molecular complexity index is 641. The molecule has 0 amide bonds. The van der Waals surface area contributed by atoms with Crippen molar-refractivity contribution in [2.24, 2.45) is 0 Å². The van der Waals surface area contributed by atoms with Crippen molar-refractivity contribution in [2.45, 2.75) is 43.0 Å². The molecule has 0 radical (unpaired) electrons. The maximum atomic E-state index is 12.5. The van der Waals surface area contributed by atoms with Gasteiger partial charge >= 0.3 is 0 Å². The standard InChI is InChI=1S/C14H18N2O3S/c1-11-8-12(9-15)4-5-13(11)20(18,19)16-14(10-17)6-2-3-7-14/h4-5,8,16-17H,2-3,6-7,10H2,1H3. The Morgan fingerprint density at radius 1 is 1.40 bits per heavy atom. The van der Waals surface area contributed by atoms with Gasteiger partial charge in [-0.25, -0.2) is 13.1 Å². The van der Waals surface area contributed by atoms with Crippen molar-refractivity contribution < 1.29 is 13.5 Å². The molecule has 5 nitrogen and oxygen atoms in total. The van der Waals surface area contributed by atoms with Gasteiger partial charge in [0.05, 0.1) is 28.7 Å². The Morgan fingerprint density at radius 3 is 2.55 bits per heavy atom. The first-order valence-electron chi connectivity index (χ1n) is 6.58. The summed E-state index contributed by atoms with van der Waals surface area (Å²) in [6, 6.07) is 6.46. The zero-order valence-electron chi connectivity index (χ0n) is 11.4. The lowest BCUT2D eigenvalue weighted by molar-refractivity contribution is 0.185. The van der Waals surface area contributed by atoms with Crippen molar-refractivity contribution in [3.8, 4) is 6.07 Å². The van der Waals surface area contributed by atoms with Crippen molar-refractivity contribution >= 4 is 10.0 Å². The molecule has 20 heavy (non-hydrogen) atoms. The minimum absolute atomic E-state index is 0.163. The van der Waals surface area contributed by atoms with E-state index in [0.29, 0.717) is 24.0 Å². The lowest BCUT2D eigenvalue weighted by Gasteiger charge is -2.27. The molecule has 2 rings (SSSR count). The summed E-state index contributed by atoms with van der Waals surface area (Å²) >= 11 is 0. The zero-order chi connectivity index (χ0) is 14.8. The molecule has 0 aromatic heterocycles. The van der Waals surface area contributed by atoms with Crippen LogP contribution in [0.2, 0.25) is 0 Å². The molecule has 2 N–H and O–H groups in total. The van der Waals surface area contributed by atoms with Crippen LogP contribution in [-0.2, 0) is 10.0 Å². The summed E-state index contributed by atoms with van der Waals surface area (Å²) in [5, 5.41) is 18.3. The largest absolute Gasteiger partial charge is 0.394 e. The van der Waals surface area contributed by atoms with Crippen LogP contribution in [0.3, 0.4) is 0 Å². The number of benzene rings is 1. The molecular weight excluding hydrogens is 276 g/mol. The van der Waals surface area contributed by atoms with Crippen molar-refractivity contribution in [3.05, 3.63) is 29.3 Å². The van der Waals surface area contributed by atoms with Gasteiger partial charge in [-0.2, -0.15) is 5.26 Å². The summed E-state index contributed by atoms with van der Waals surface area (Å²) in [5.74, 6) is 0. The van der Waals surface area contributed by atoms with E-state index in [2.05, 4.69) is 4.72 Å². The van der Waals surface area contributed by atoms with Gasteiger partial charge < -0.3 is 5.11 Å². The maximum Gasteiger partial charge on any atom is 0.241 e. The van der Waals surface area contributed by atoms with Crippen molar-refractivity contribution in [1.29, 1.82) is 5.26 Å². The molecule has 108 valence electrons. The summed E-state index contributed by atoms with van der Waals surface area (Å²) in [6.45, 7) is 1.47. The molecule has 1 fully saturated rings. The van der Waals surface area contributed by atoms with Crippen LogP contribution in [-0.4, -0.2) is 25.7 Å². The molecule has 1 aromatic rings. The second-order valence-electron chi connectivity index (χ2n) is 5.34. The molecule has 0 unspecified atom stereocenters. The SMILES string of the molecule is Cc1cc(C#N)ccc1S(=O)(=O)NC1(CO)CCCC1. The molecule has 1 aromatic carbocycles. The Kier molecular flexibility index (Phi) is 4.14. The fourth-order valence-electron chi connectivity index (χ4n) is 2.70. The smallest absolute Gasteiger partial charge is 0.241 e. The third kappa shape index (κ3) is 2.85. The minimum atomic E-state index is -3.69. The number of hydrogen-bond donors (Lipinski definition) is 2. The number of rotatable bonds is 4. The quantitative estimate of drug-likeness (QED) is 0.879. The van der Waals surface area contributed by atoms with E-state index in [4.69, 9.17) is 5.26 Å². The minimum Gasteiger partial charge on any atom is -0.394 e. The fraction of sp³-hybridized carbons (Fsp3) is 0.500. The number of nitrogens with zero attached hydrogens (tertiary/aromatic N) is 1. The first kappa shape index (κ1) is 15.0. The van der Waals surface area contributed by atoms with Gasteiger partial charge in [0.2, 0.25) is 10.0 Å². The number of sulfonamides is 1. The molecule has 1 aliphatic carbocycles. The third-order valence-corrected chi connectivity index (χ3v) is 5.55. The van der Waals surface area contributed by atoms with Gasteiger partial charge in [0, 0.05) is 0 Å². The second-order valence-corrected chi connectivity index (χ2v) is 6.99. The number of hydrogen-bond acceptors (Lipinski definition) is 4. The van der Waals surface area contributed by atoms with Crippen LogP contribution < -0.4 is 4.72 Å². The number of aryl methyl sites for hydroxylation is 1. The second kappa shape index (κ2) is 5.52. The van der Waals surface area contributed by atoms with Gasteiger partial charge in [0.15, 0.2) is 0 Å². The highest BCUT2D eigenvalue weighted by Crippen LogP contribution is 2.31. The van der Waals surface area contributed by atoms with Crippen LogP contribution in [0.15, 0.2) is 23.1 Å². The molecule has 0 bridgehead atoms. The van der Waals surface area contributed by atoms with E-state index in [1.807, 2.05) is 6.07 Å². The molecule has 0 aliphatic heterocycles. The van der Waals surface area contributed by atoms with Crippen LogP contribution in [0.1, 0.15) is 36.8 Å². The van der Waals surface area contributed by atoms with Crippen LogP contribution in [0, 0.1) is 18.3 Å². The molecule has 0 heterocycles. The summed E-state index contributed by atoms with van der Waals surface area (Å²) < 4.78 is 27.6. The number of aliphatic hydroxyl groups is 1. The van der Waals surface area contributed by atoms with Crippen LogP contribution in [0.25, 0.3) is 0 Å². The summed E-state index contributed by atoms with van der Waals surface area (Å²) in [4.78, 5) is 0.163. The number of nitriles is 1. The first-order chi connectivity index (χ1) is 9.42. The molecule has 0 spiro atoms. The topological polar surface area (TPSA) is 90.2 Å². The van der Waals surface area contributed by atoms with E-state index in [1.165, 1.54) is 12.1 Å². The van der Waals surface area contributed by atoms with Gasteiger partial charge in [-0.05, 0) is 43.5 Å². The van der Waals surface area contributed by atoms with Gasteiger partial charge in [-0.1, -0.05) is 12.8 Å². The zero-order valence-corrected chi connectivity index (χ0v) is 12.2. The van der Waals surface area contributed by atoms with Crippen molar-refractivity contribution in [3.63, 3.8) is 0 Å². The lowest BCUT2D eigenvalue weighted by Crippen LogP contribution is -2.49. The predicted molar refractivity (Wildman–Crippen MR) is 74.5 cm³/mol. The molecule has 1 aliphatic rings. The molecule has 0 atom stereocenters. The highest BCUT2D eigenvalue weighted by molar-refractivity contribution is 7.89. The van der Waals surface area contributed by atoms with E-state index >= 15 is 0 Å². The third-order valence-electron chi connectivity index (χ3n) is 3.81. The van der Waals surface area contributed by atoms with Gasteiger partial charge in [0.1, 0.15) is 0 Å². The monoisotopic (exact) mass is 294 g/mol.